The summed E-state index contributed by atoms with van der Waals surface area (Å²) in [5.41, 5.74) is -2.33. The lowest BCUT2D eigenvalue weighted by Crippen LogP contribution is -2.46. The number of carbonyl (C=O) groups excluding carboxylic acids is 3. The molecule has 1 aromatic carbocycles. The van der Waals surface area contributed by atoms with Crippen molar-refractivity contribution in [2.45, 2.75) is 65.8 Å². The van der Waals surface area contributed by atoms with E-state index in [0.717, 1.165) is 0 Å². The molecule has 166 valence electrons. The molecule has 0 radical (unpaired) electrons. The van der Waals surface area contributed by atoms with Crippen molar-refractivity contribution in [3.05, 3.63) is 39.9 Å². The number of carbonyl (C=O) groups is 3. The number of hydrogen-bond acceptors (Lipinski definition) is 8. The molecule has 0 N–H and O–H groups in total. The molecule has 1 rings (SSSR count). The quantitative estimate of drug-likeness (QED) is 0.288. The van der Waals surface area contributed by atoms with Crippen molar-refractivity contribution in [3.8, 4) is 0 Å². The molecule has 0 aliphatic carbocycles. The Labute approximate surface area is 175 Å². The highest BCUT2D eigenvalue weighted by Gasteiger charge is 2.36. The predicted octanol–water partition coefficient (Wildman–Crippen LogP) is 4.19. The molecule has 30 heavy (non-hydrogen) atoms. The van der Waals surface area contributed by atoms with Gasteiger partial charge in [-0.3, -0.25) is 10.1 Å². The second-order valence-electron chi connectivity index (χ2n) is 8.44. The lowest BCUT2D eigenvalue weighted by molar-refractivity contribution is -0.497. The van der Waals surface area contributed by atoms with E-state index in [9.17, 15) is 24.5 Å². The molecule has 0 aliphatic heterocycles. The molecule has 10 nitrogen and oxygen atoms in total. The zero-order valence-electron chi connectivity index (χ0n) is 18.3. The third-order valence-electron chi connectivity index (χ3n) is 3.31. The normalized spacial score (nSPS) is 11.6. The van der Waals surface area contributed by atoms with Gasteiger partial charge in [-0.25, -0.2) is 14.4 Å². The fourth-order valence-electron chi connectivity index (χ4n) is 2.27. The van der Waals surface area contributed by atoms with Gasteiger partial charge in [-0.1, -0.05) is 6.07 Å². The second-order valence-corrected chi connectivity index (χ2v) is 8.44. The minimum Gasteiger partial charge on any atom is -0.459 e. The zero-order chi connectivity index (χ0) is 23.3. The van der Waals surface area contributed by atoms with Gasteiger partial charge in [-0.05, 0) is 66.7 Å². The average molecular weight is 424 g/mol. The topological polar surface area (TPSA) is 125 Å². The van der Waals surface area contributed by atoms with Gasteiger partial charge in [0.2, 0.25) is 6.54 Å². The van der Waals surface area contributed by atoms with Gasteiger partial charge in [0, 0.05) is 4.92 Å². The minimum atomic E-state index is -1.49. The van der Waals surface area contributed by atoms with Crippen LogP contribution in [0, 0.1) is 10.1 Å². The molecular formula is C20H28N2O8. The van der Waals surface area contributed by atoms with E-state index in [-0.39, 0.29) is 17.4 Å². The maximum absolute atomic E-state index is 12.8. The molecule has 0 spiro atoms. The molecule has 2 amide bonds. The number of imide groups is 1. The van der Waals surface area contributed by atoms with Gasteiger partial charge >= 0.3 is 18.2 Å². The summed E-state index contributed by atoms with van der Waals surface area (Å²) in [6.45, 7) is 10.2. The zero-order valence-corrected chi connectivity index (χ0v) is 18.3. The average Bonchev–Trinajstić information content (AvgIpc) is 2.50. The molecule has 1 aromatic rings. The number of nitrogens with zero attached hydrogens (tertiary/aromatic N) is 2. The number of ether oxygens (including phenoxy) is 3. The molecule has 0 bridgehead atoms. The van der Waals surface area contributed by atoms with Crippen LogP contribution in [0.25, 0.3) is 0 Å². The van der Waals surface area contributed by atoms with Crippen LogP contribution in [-0.4, -0.2) is 46.9 Å². The Morgan fingerprint density at radius 1 is 1.07 bits per heavy atom. The third-order valence-corrected chi connectivity index (χ3v) is 3.31. The fraction of sp³-hybridized carbons (Fsp3) is 0.550. The molecule has 0 atom stereocenters. The molecule has 0 unspecified atom stereocenters. The van der Waals surface area contributed by atoms with Gasteiger partial charge in [0.05, 0.1) is 17.4 Å². The maximum atomic E-state index is 12.8. The first kappa shape index (κ1) is 24.9. The molecule has 0 saturated heterocycles. The number of amides is 2. The van der Waals surface area contributed by atoms with Crippen LogP contribution in [0.4, 0.5) is 15.3 Å². The van der Waals surface area contributed by atoms with E-state index in [1.54, 1.807) is 34.6 Å². The van der Waals surface area contributed by atoms with Crippen molar-refractivity contribution in [1.29, 1.82) is 0 Å². The lowest BCUT2D eigenvalue weighted by Gasteiger charge is -2.28. The largest absolute Gasteiger partial charge is 0.459 e. The van der Waals surface area contributed by atoms with Crippen LogP contribution < -0.4 is 4.90 Å². The summed E-state index contributed by atoms with van der Waals surface area (Å²) in [5.74, 6) is -0.641. The third kappa shape index (κ3) is 8.06. The summed E-state index contributed by atoms with van der Waals surface area (Å²) < 4.78 is 15.6. The van der Waals surface area contributed by atoms with E-state index < -0.39 is 40.8 Å². The Bertz CT molecular complexity index is 811. The van der Waals surface area contributed by atoms with Gasteiger partial charge in [-0.15, -0.1) is 0 Å². The molecule has 0 fully saturated rings. The van der Waals surface area contributed by atoms with Crippen molar-refractivity contribution in [2.75, 3.05) is 11.4 Å². The summed E-state index contributed by atoms with van der Waals surface area (Å²) >= 11 is 0. The fourth-order valence-corrected chi connectivity index (χ4v) is 2.27. The highest BCUT2D eigenvalue weighted by Crippen LogP contribution is 2.23. The standard InChI is InChI=1S/C20H28N2O8/c1-13(2)28-16(23)14-9-8-10-15(11-14)22(17(24)29-19(3,4)5)18(25)30-20(6,7)12-21(26)27/h8-11,13H,12H2,1-7H3. The first-order valence-corrected chi connectivity index (χ1v) is 9.30. The summed E-state index contributed by atoms with van der Waals surface area (Å²) in [7, 11) is 0. The molecule has 0 aromatic heterocycles. The van der Waals surface area contributed by atoms with Crippen LogP contribution in [-0.2, 0) is 14.2 Å². The first-order valence-electron chi connectivity index (χ1n) is 9.30. The number of anilines is 1. The Balaban J connectivity index is 3.31. The van der Waals surface area contributed by atoms with Crippen LogP contribution in [0.1, 0.15) is 58.8 Å². The van der Waals surface area contributed by atoms with Crippen molar-refractivity contribution in [2.24, 2.45) is 0 Å². The van der Waals surface area contributed by atoms with E-state index in [1.807, 2.05) is 0 Å². The highest BCUT2D eigenvalue weighted by molar-refractivity contribution is 6.10. The van der Waals surface area contributed by atoms with Crippen molar-refractivity contribution < 1.29 is 33.5 Å². The molecule has 0 aliphatic rings. The van der Waals surface area contributed by atoms with E-state index in [2.05, 4.69) is 0 Å². The summed E-state index contributed by atoms with van der Waals surface area (Å²) in [4.78, 5) is 48.5. The Morgan fingerprint density at radius 2 is 1.63 bits per heavy atom. The Kier molecular flexibility index (Phi) is 7.92. The number of esters is 1. The second kappa shape index (κ2) is 9.55. The highest BCUT2D eigenvalue weighted by atomic mass is 16.6. The molecule has 0 heterocycles. The van der Waals surface area contributed by atoms with Gasteiger partial charge in [0.25, 0.3) is 0 Å². The van der Waals surface area contributed by atoms with Crippen LogP contribution in [0.5, 0.6) is 0 Å². The van der Waals surface area contributed by atoms with Crippen LogP contribution >= 0.6 is 0 Å². The van der Waals surface area contributed by atoms with E-state index in [4.69, 9.17) is 14.2 Å². The van der Waals surface area contributed by atoms with E-state index >= 15 is 0 Å². The SMILES string of the molecule is CC(C)OC(=O)c1cccc(N(C(=O)OC(C)(C)C)C(=O)OC(C)(C)C[N+](=O)[O-])c1. The van der Waals surface area contributed by atoms with Gasteiger partial charge in [-0.2, -0.15) is 4.90 Å². The minimum absolute atomic E-state index is 0.00985. The molecular weight excluding hydrogens is 396 g/mol. The predicted molar refractivity (Wildman–Crippen MR) is 108 cm³/mol. The van der Waals surface area contributed by atoms with Gasteiger partial charge in [0.1, 0.15) is 5.60 Å². The number of nitro groups is 1. The summed E-state index contributed by atoms with van der Waals surface area (Å²) in [6, 6.07) is 5.59. The van der Waals surface area contributed by atoms with Crippen molar-refractivity contribution in [1.82, 2.24) is 0 Å². The Hall–Kier alpha value is -3.17. The van der Waals surface area contributed by atoms with Crippen molar-refractivity contribution >= 4 is 23.8 Å². The Morgan fingerprint density at radius 3 is 2.13 bits per heavy atom. The molecule has 0 saturated carbocycles. The first-order chi connectivity index (χ1) is 13.6. The van der Waals surface area contributed by atoms with E-state index in [1.165, 1.54) is 38.1 Å². The smallest absolute Gasteiger partial charge is 0.424 e. The lowest BCUT2D eigenvalue weighted by atomic mass is 10.1. The van der Waals surface area contributed by atoms with Crippen molar-refractivity contribution in [3.63, 3.8) is 0 Å². The number of rotatable bonds is 6. The monoisotopic (exact) mass is 424 g/mol. The summed E-state index contributed by atoms with van der Waals surface area (Å²) in [5, 5.41) is 10.8. The van der Waals surface area contributed by atoms with Crippen LogP contribution in [0.15, 0.2) is 24.3 Å². The van der Waals surface area contributed by atoms with E-state index in [0.29, 0.717) is 4.90 Å². The van der Waals surface area contributed by atoms with Crippen LogP contribution in [0.3, 0.4) is 0 Å². The maximum Gasteiger partial charge on any atom is 0.424 e. The van der Waals surface area contributed by atoms with Crippen LogP contribution in [0.2, 0.25) is 0 Å². The van der Waals surface area contributed by atoms with Gasteiger partial charge < -0.3 is 14.2 Å². The number of hydrogen-bond donors (Lipinski definition) is 0. The summed E-state index contributed by atoms with van der Waals surface area (Å²) in [6.07, 6.45) is -2.60. The van der Waals surface area contributed by atoms with Gasteiger partial charge in [0.15, 0.2) is 5.60 Å². The molecule has 10 heteroatoms. The number of benzene rings is 1.